The molecule has 1 fully saturated rings. The number of hydrogen-bond donors (Lipinski definition) is 1. The first-order valence-electron chi connectivity index (χ1n) is 6.82. The molecule has 18 heavy (non-hydrogen) atoms. The van der Waals surface area contributed by atoms with Crippen LogP contribution in [0, 0.1) is 5.92 Å². The first kappa shape index (κ1) is 10.5. The Morgan fingerprint density at radius 1 is 1.28 bits per heavy atom. The molecule has 4 rings (SSSR count). The highest BCUT2D eigenvalue weighted by molar-refractivity contribution is 5.92. The second-order valence-electron chi connectivity index (χ2n) is 5.86. The molecule has 2 heteroatoms. The molecule has 0 aromatic heterocycles. The van der Waals surface area contributed by atoms with Crippen molar-refractivity contribution in [3.8, 4) is 0 Å². The summed E-state index contributed by atoms with van der Waals surface area (Å²) in [5, 5.41) is 3.64. The van der Waals surface area contributed by atoms with Crippen LogP contribution in [0.3, 0.4) is 0 Å². The van der Waals surface area contributed by atoms with Gasteiger partial charge in [-0.1, -0.05) is 30.3 Å². The molecule has 1 heterocycles. The van der Waals surface area contributed by atoms with E-state index < -0.39 is 0 Å². The molecule has 1 aromatic carbocycles. The molecule has 0 amide bonds. The normalized spacial score (nSPS) is 37.0. The zero-order valence-electron chi connectivity index (χ0n) is 10.4. The summed E-state index contributed by atoms with van der Waals surface area (Å²) in [4.78, 5) is 11.9. The van der Waals surface area contributed by atoms with Crippen LogP contribution in [0.25, 0.3) is 0 Å². The summed E-state index contributed by atoms with van der Waals surface area (Å²) >= 11 is 0. The van der Waals surface area contributed by atoms with Crippen molar-refractivity contribution in [2.75, 3.05) is 6.54 Å². The third kappa shape index (κ3) is 1.24. The number of benzene rings is 1. The van der Waals surface area contributed by atoms with E-state index >= 15 is 0 Å². The van der Waals surface area contributed by atoms with Crippen LogP contribution < -0.4 is 5.32 Å². The van der Waals surface area contributed by atoms with Crippen molar-refractivity contribution in [3.05, 3.63) is 47.5 Å². The number of hydrogen-bond acceptors (Lipinski definition) is 2. The minimum Gasteiger partial charge on any atom is -0.313 e. The van der Waals surface area contributed by atoms with Gasteiger partial charge in [0, 0.05) is 23.8 Å². The summed E-state index contributed by atoms with van der Waals surface area (Å²) in [5.41, 5.74) is 2.95. The van der Waals surface area contributed by atoms with E-state index in [-0.39, 0.29) is 5.41 Å². The number of ketones is 1. The SMILES string of the molecule is O=C1C=C[C@H]2[C@H]3Cc4ccccc4[C@@]2(CCN3)C1. The van der Waals surface area contributed by atoms with Gasteiger partial charge in [-0.2, -0.15) is 0 Å². The van der Waals surface area contributed by atoms with Crippen molar-refractivity contribution >= 4 is 5.78 Å². The minimum atomic E-state index is 0.0800. The summed E-state index contributed by atoms with van der Waals surface area (Å²) in [7, 11) is 0. The number of carbonyl (C=O) groups is 1. The maximum Gasteiger partial charge on any atom is 0.156 e. The van der Waals surface area contributed by atoms with E-state index in [1.165, 1.54) is 11.1 Å². The van der Waals surface area contributed by atoms with E-state index in [9.17, 15) is 4.79 Å². The van der Waals surface area contributed by atoms with E-state index in [0.29, 0.717) is 24.2 Å². The van der Waals surface area contributed by atoms with Gasteiger partial charge in [-0.05, 0) is 36.6 Å². The van der Waals surface area contributed by atoms with Crippen LogP contribution in [-0.4, -0.2) is 18.4 Å². The van der Waals surface area contributed by atoms with E-state index in [0.717, 1.165) is 19.4 Å². The second kappa shape index (κ2) is 3.55. The third-order valence-corrected chi connectivity index (χ3v) is 5.02. The lowest BCUT2D eigenvalue weighted by molar-refractivity contribution is -0.117. The highest BCUT2D eigenvalue weighted by Crippen LogP contribution is 2.50. The molecule has 3 atom stereocenters. The van der Waals surface area contributed by atoms with E-state index in [1.807, 2.05) is 0 Å². The summed E-state index contributed by atoms with van der Waals surface area (Å²) in [6.07, 6.45) is 6.85. The number of rotatable bonds is 0. The molecule has 1 N–H and O–H groups in total. The standard InChI is InChI=1S/C16H17NO/c18-12-5-6-14-15-9-11-3-1-2-4-13(11)16(14,10-12)7-8-17-15/h1-6,14-15,17H,7-10H2/t14-,15+,16+/m0/s1. The van der Waals surface area contributed by atoms with Crippen molar-refractivity contribution in [3.63, 3.8) is 0 Å². The Labute approximate surface area is 107 Å². The number of carbonyl (C=O) groups excluding carboxylic acids is 1. The van der Waals surface area contributed by atoms with Crippen LogP contribution in [0.5, 0.6) is 0 Å². The maximum atomic E-state index is 11.9. The Morgan fingerprint density at radius 2 is 2.17 bits per heavy atom. The van der Waals surface area contributed by atoms with Crippen LogP contribution in [0.4, 0.5) is 0 Å². The predicted octanol–water partition coefficient (Wildman–Crippen LogP) is 1.99. The van der Waals surface area contributed by atoms with Gasteiger partial charge in [0.25, 0.3) is 0 Å². The Hall–Kier alpha value is -1.41. The van der Waals surface area contributed by atoms with Crippen LogP contribution in [0.1, 0.15) is 24.0 Å². The molecule has 2 aliphatic carbocycles. The summed E-state index contributed by atoms with van der Waals surface area (Å²) in [6.45, 7) is 1.04. The topological polar surface area (TPSA) is 29.1 Å². The first-order valence-corrected chi connectivity index (χ1v) is 6.82. The molecule has 0 unspecified atom stereocenters. The molecule has 1 saturated heterocycles. The predicted molar refractivity (Wildman–Crippen MR) is 70.5 cm³/mol. The van der Waals surface area contributed by atoms with E-state index in [4.69, 9.17) is 0 Å². The highest BCUT2D eigenvalue weighted by Gasteiger charge is 2.51. The highest BCUT2D eigenvalue weighted by atomic mass is 16.1. The zero-order chi connectivity index (χ0) is 12.2. The smallest absolute Gasteiger partial charge is 0.156 e. The third-order valence-electron chi connectivity index (χ3n) is 5.02. The molecule has 0 radical (unpaired) electrons. The van der Waals surface area contributed by atoms with Crippen molar-refractivity contribution in [1.29, 1.82) is 0 Å². The van der Waals surface area contributed by atoms with Gasteiger partial charge < -0.3 is 5.32 Å². The van der Waals surface area contributed by atoms with E-state index in [1.54, 1.807) is 6.08 Å². The number of nitrogens with one attached hydrogen (secondary N) is 1. The molecule has 3 aliphatic rings. The molecular formula is C16H17NO. The van der Waals surface area contributed by atoms with Crippen LogP contribution in [-0.2, 0) is 16.6 Å². The lowest BCUT2D eigenvalue weighted by atomic mass is 9.54. The van der Waals surface area contributed by atoms with Crippen molar-refractivity contribution in [1.82, 2.24) is 5.32 Å². The molecule has 0 saturated carbocycles. The van der Waals surface area contributed by atoms with Gasteiger partial charge in [-0.3, -0.25) is 4.79 Å². The van der Waals surface area contributed by atoms with Gasteiger partial charge in [-0.15, -0.1) is 0 Å². The van der Waals surface area contributed by atoms with Gasteiger partial charge in [0.2, 0.25) is 0 Å². The fraction of sp³-hybridized carbons (Fsp3) is 0.438. The summed E-state index contributed by atoms with van der Waals surface area (Å²) in [6, 6.07) is 9.23. The van der Waals surface area contributed by atoms with Crippen LogP contribution >= 0.6 is 0 Å². The lowest BCUT2D eigenvalue weighted by Gasteiger charge is -2.53. The molecule has 1 aromatic rings. The molecule has 1 aliphatic heterocycles. The molecule has 92 valence electrons. The molecular weight excluding hydrogens is 222 g/mol. The average molecular weight is 239 g/mol. The van der Waals surface area contributed by atoms with Crippen LogP contribution in [0.15, 0.2) is 36.4 Å². The quantitative estimate of drug-likeness (QED) is 0.750. The average Bonchev–Trinajstić information content (AvgIpc) is 2.38. The van der Waals surface area contributed by atoms with Gasteiger partial charge in [0.15, 0.2) is 5.78 Å². The zero-order valence-corrected chi connectivity index (χ0v) is 10.4. The number of piperidine rings is 1. The van der Waals surface area contributed by atoms with Gasteiger partial charge >= 0.3 is 0 Å². The molecule has 2 nitrogen and oxygen atoms in total. The monoisotopic (exact) mass is 239 g/mol. The van der Waals surface area contributed by atoms with Gasteiger partial charge in [0.05, 0.1) is 0 Å². The second-order valence-corrected chi connectivity index (χ2v) is 5.86. The molecule has 0 spiro atoms. The fourth-order valence-corrected chi connectivity index (χ4v) is 4.29. The Kier molecular flexibility index (Phi) is 2.07. The minimum absolute atomic E-state index is 0.0800. The van der Waals surface area contributed by atoms with Crippen molar-refractivity contribution in [2.45, 2.75) is 30.7 Å². The van der Waals surface area contributed by atoms with Crippen molar-refractivity contribution in [2.24, 2.45) is 5.92 Å². The lowest BCUT2D eigenvalue weighted by Crippen LogP contribution is -2.59. The largest absolute Gasteiger partial charge is 0.313 e. The number of fused-ring (bicyclic) bond motifs is 1. The number of allylic oxidation sites excluding steroid dienone is 1. The Morgan fingerprint density at radius 3 is 3.11 bits per heavy atom. The first-order chi connectivity index (χ1) is 8.79. The summed E-state index contributed by atoms with van der Waals surface area (Å²) in [5.74, 6) is 0.794. The Balaban J connectivity index is 1.96. The van der Waals surface area contributed by atoms with Crippen LogP contribution in [0.2, 0.25) is 0 Å². The maximum absolute atomic E-state index is 11.9. The molecule has 2 bridgehead atoms. The van der Waals surface area contributed by atoms with E-state index in [2.05, 4.69) is 35.7 Å². The van der Waals surface area contributed by atoms with Gasteiger partial charge in [0.1, 0.15) is 0 Å². The Bertz CT molecular complexity index is 548. The fourth-order valence-electron chi connectivity index (χ4n) is 4.29. The van der Waals surface area contributed by atoms with Gasteiger partial charge in [-0.25, -0.2) is 0 Å². The summed E-state index contributed by atoms with van der Waals surface area (Å²) < 4.78 is 0. The van der Waals surface area contributed by atoms with Crippen molar-refractivity contribution < 1.29 is 4.79 Å².